The van der Waals surface area contributed by atoms with E-state index < -0.39 is 0 Å². The Labute approximate surface area is 185 Å². The summed E-state index contributed by atoms with van der Waals surface area (Å²) in [5.74, 6) is 0. The summed E-state index contributed by atoms with van der Waals surface area (Å²) in [6.07, 6.45) is 0. The van der Waals surface area contributed by atoms with Crippen LogP contribution in [0.1, 0.15) is 0 Å². The van der Waals surface area contributed by atoms with Crippen LogP contribution in [-0.4, -0.2) is 0 Å². The van der Waals surface area contributed by atoms with Crippen molar-refractivity contribution in [2.45, 2.75) is 0 Å². The Morgan fingerprint density at radius 3 is 1.34 bits per heavy atom. The molecule has 0 bridgehead atoms. The van der Waals surface area contributed by atoms with Crippen molar-refractivity contribution in [2.75, 3.05) is 10.6 Å². The first-order valence-corrected chi connectivity index (χ1v) is 10.8. The van der Waals surface area contributed by atoms with E-state index in [1.807, 2.05) is 72.8 Å². The van der Waals surface area contributed by atoms with Gasteiger partial charge in [0.25, 0.3) is 0 Å². The summed E-state index contributed by atoms with van der Waals surface area (Å²) in [6.45, 7) is 0. The third kappa shape index (κ3) is 3.41. The van der Waals surface area contributed by atoms with E-state index in [1.54, 1.807) is 0 Å². The molecular weight excluding hydrogens is 492 g/mol. The summed E-state index contributed by atoms with van der Waals surface area (Å²) in [5.41, 5.74) is 5.51. The van der Waals surface area contributed by atoms with Gasteiger partial charge in [0.2, 0.25) is 0 Å². The molecule has 2 N–H and O–H groups in total. The molecule has 142 valence electrons. The van der Waals surface area contributed by atoms with Crippen LogP contribution < -0.4 is 10.6 Å². The molecule has 0 fully saturated rings. The maximum absolute atomic E-state index is 6.38. The average molecular weight is 508 g/mol. The van der Waals surface area contributed by atoms with Gasteiger partial charge in [0.15, 0.2) is 11.2 Å². The van der Waals surface area contributed by atoms with E-state index in [4.69, 9.17) is 4.42 Å². The Balaban J connectivity index is 1.64. The largest absolute Gasteiger partial charge is 0.452 e. The molecular formula is C24H16Br2N2O. The van der Waals surface area contributed by atoms with Gasteiger partial charge >= 0.3 is 0 Å². The lowest BCUT2D eigenvalue weighted by Gasteiger charge is -2.09. The lowest BCUT2D eigenvalue weighted by molar-refractivity contribution is 0.671. The molecule has 0 spiro atoms. The Bertz CT molecular complexity index is 1240. The number of furan rings is 1. The number of hydrogen-bond acceptors (Lipinski definition) is 3. The van der Waals surface area contributed by atoms with Gasteiger partial charge < -0.3 is 15.1 Å². The predicted molar refractivity (Wildman–Crippen MR) is 129 cm³/mol. The smallest absolute Gasteiger partial charge is 0.158 e. The molecule has 0 unspecified atom stereocenters. The van der Waals surface area contributed by atoms with Crippen molar-refractivity contribution in [2.24, 2.45) is 0 Å². The zero-order valence-electron chi connectivity index (χ0n) is 15.2. The first kappa shape index (κ1) is 18.3. The van der Waals surface area contributed by atoms with Crippen molar-refractivity contribution in [1.82, 2.24) is 0 Å². The number of rotatable bonds is 4. The van der Waals surface area contributed by atoms with E-state index in [2.05, 4.69) is 54.6 Å². The highest BCUT2D eigenvalue weighted by molar-refractivity contribution is 9.11. The molecule has 0 saturated carbocycles. The van der Waals surface area contributed by atoms with Crippen molar-refractivity contribution in [3.05, 3.63) is 93.9 Å². The quantitative estimate of drug-likeness (QED) is 0.255. The van der Waals surface area contributed by atoms with Gasteiger partial charge in [0.05, 0.1) is 22.7 Å². The summed E-state index contributed by atoms with van der Waals surface area (Å²) >= 11 is 7.20. The fraction of sp³-hybridized carbons (Fsp3) is 0. The number of benzene rings is 4. The summed E-state index contributed by atoms with van der Waals surface area (Å²) in [4.78, 5) is 0. The molecule has 5 aromatic rings. The van der Waals surface area contributed by atoms with Crippen LogP contribution in [0.15, 0.2) is 98.3 Å². The summed E-state index contributed by atoms with van der Waals surface area (Å²) in [5, 5.41) is 9.13. The van der Waals surface area contributed by atoms with Gasteiger partial charge in [-0.25, -0.2) is 0 Å². The molecule has 0 aliphatic heterocycles. The molecule has 5 rings (SSSR count). The number of nitrogens with one attached hydrogen (secondary N) is 2. The lowest BCUT2D eigenvalue weighted by atomic mass is 10.1. The van der Waals surface area contributed by atoms with E-state index in [0.29, 0.717) is 0 Å². The van der Waals surface area contributed by atoms with Gasteiger partial charge in [-0.3, -0.25) is 0 Å². The molecule has 0 atom stereocenters. The molecule has 0 amide bonds. The highest BCUT2D eigenvalue weighted by atomic mass is 79.9. The van der Waals surface area contributed by atoms with Gasteiger partial charge in [-0.2, -0.15) is 0 Å². The Morgan fingerprint density at radius 1 is 0.483 bits per heavy atom. The maximum Gasteiger partial charge on any atom is 0.158 e. The third-order valence-corrected chi connectivity index (χ3v) is 6.19. The van der Waals surface area contributed by atoms with Gasteiger partial charge in [-0.05, 0) is 68.3 Å². The fourth-order valence-electron chi connectivity index (χ4n) is 3.43. The van der Waals surface area contributed by atoms with Crippen molar-refractivity contribution in [3.63, 3.8) is 0 Å². The topological polar surface area (TPSA) is 37.2 Å². The highest BCUT2D eigenvalue weighted by Gasteiger charge is 2.14. The van der Waals surface area contributed by atoms with E-state index in [-0.39, 0.29) is 0 Å². The lowest BCUT2D eigenvalue weighted by Crippen LogP contribution is -1.91. The van der Waals surface area contributed by atoms with Crippen molar-refractivity contribution < 1.29 is 4.42 Å². The molecule has 0 aliphatic carbocycles. The van der Waals surface area contributed by atoms with Crippen molar-refractivity contribution >= 4 is 76.5 Å². The number of fused-ring (bicyclic) bond motifs is 3. The molecule has 0 aliphatic rings. The second kappa shape index (κ2) is 7.58. The standard InChI is InChI=1S/C24H16Br2N2O/c25-17-9-1-3-11-19(17)27-21-13-5-7-15-16-8-6-14-22(24(16)29-23(15)21)28-20-12-4-2-10-18(20)26/h1-14,27-28H. The monoisotopic (exact) mass is 506 g/mol. The summed E-state index contributed by atoms with van der Waals surface area (Å²) < 4.78 is 8.39. The van der Waals surface area contributed by atoms with Gasteiger partial charge in [-0.15, -0.1) is 0 Å². The minimum absolute atomic E-state index is 0.833. The SMILES string of the molecule is Brc1ccccc1Nc1cccc2c1oc1c(Nc3ccccc3Br)cccc12. The molecule has 4 aromatic carbocycles. The van der Waals surface area contributed by atoms with Crippen LogP contribution in [0, 0.1) is 0 Å². The number of hydrogen-bond donors (Lipinski definition) is 2. The van der Waals surface area contributed by atoms with Crippen LogP contribution >= 0.6 is 31.9 Å². The molecule has 3 nitrogen and oxygen atoms in total. The van der Waals surface area contributed by atoms with E-state index in [9.17, 15) is 0 Å². The fourth-order valence-corrected chi connectivity index (χ4v) is 4.20. The molecule has 29 heavy (non-hydrogen) atoms. The third-order valence-electron chi connectivity index (χ3n) is 4.81. The van der Waals surface area contributed by atoms with Gasteiger partial charge in [0, 0.05) is 19.7 Å². The van der Waals surface area contributed by atoms with Gasteiger partial charge in [-0.1, -0.05) is 48.5 Å². The van der Waals surface area contributed by atoms with Gasteiger partial charge in [0.1, 0.15) is 0 Å². The predicted octanol–water partition coefficient (Wildman–Crippen LogP) is 8.60. The van der Waals surface area contributed by atoms with Crippen LogP contribution in [0.3, 0.4) is 0 Å². The molecule has 5 heteroatoms. The highest BCUT2D eigenvalue weighted by Crippen LogP contribution is 2.39. The average Bonchev–Trinajstić information content (AvgIpc) is 3.12. The molecule has 0 saturated heterocycles. The Hall–Kier alpha value is -2.76. The minimum Gasteiger partial charge on any atom is -0.452 e. The second-order valence-corrected chi connectivity index (χ2v) is 8.38. The van der Waals surface area contributed by atoms with Crippen LogP contribution in [0.25, 0.3) is 21.9 Å². The van der Waals surface area contributed by atoms with E-state index in [1.165, 1.54) is 0 Å². The Morgan fingerprint density at radius 2 is 0.897 bits per heavy atom. The molecule has 1 heterocycles. The normalized spacial score (nSPS) is 11.1. The number of para-hydroxylation sites is 4. The zero-order valence-corrected chi connectivity index (χ0v) is 18.4. The minimum atomic E-state index is 0.833. The Kier molecular flexibility index (Phi) is 4.78. The van der Waals surface area contributed by atoms with Crippen LogP contribution in [-0.2, 0) is 0 Å². The first-order valence-electron chi connectivity index (χ1n) is 9.18. The summed E-state index contributed by atoms with van der Waals surface area (Å²) in [7, 11) is 0. The zero-order chi connectivity index (χ0) is 19.8. The van der Waals surface area contributed by atoms with E-state index in [0.717, 1.165) is 53.6 Å². The van der Waals surface area contributed by atoms with Crippen LogP contribution in [0.5, 0.6) is 0 Å². The molecule has 1 aromatic heterocycles. The number of anilines is 4. The first-order chi connectivity index (χ1) is 14.2. The maximum atomic E-state index is 6.38. The molecule has 0 radical (unpaired) electrons. The van der Waals surface area contributed by atoms with Crippen molar-refractivity contribution in [1.29, 1.82) is 0 Å². The number of halogens is 2. The van der Waals surface area contributed by atoms with Crippen LogP contribution in [0.4, 0.5) is 22.7 Å². The van der Waals surface area contributed by atoms with Crippen LogP contribution in [0.2, 0.25) is 0 Å². The van der Waals surface area contributed by atoms with E-state index >= 15 is 0 Å². The summed E-state index contributed by atoms with van der Waals surface area (Å²) in [6, 6.07) is 28.4. The second-order valence-electron chi connectivity index (χ2n) is 6.68. The van der Waals surface area contributed by atoms with Crippen molar-refractivity contribution in [3.8, 4) is 0 Å².